The van der Waals surface area contributed by atoms with Crippen molar-refractivity contribution in [2.45, 2.75) is 46.2 Å². The molecule has 0 aliphatic carbocycles. The summed E-state index contributed by atoms with van der Waals surface area (Å²) < 4.78 is 7.31. The summed E-state index contributed by atoms with van der Waals surface area (Å²) in [5, 5.41) is 4.98. The molecule has 0 spiro atoms. The SMILES string of the molecule is CCOC(=O)CNC(=O)[C@H](C)NC(=O)[C@H](CC(C)C)NS. The van der Waals surface area contributed by atoms with Crippen LogP contribution in [0.1, 0.15) is 34.1 Å². The van der Waals surface area contributed by atoms with Gasteiger partial charge >= 0.3 is 5.97 Å². The standard InChI is InChI=1S/C13H25N3O4S/c1-5-20-11(17)7-14-12(18)9(4)15-13(19)10(16-21)6-8(2)3/h8-10,16,21H,5-7H2,1-4H3,(H,14,18)(H,15,19)/t9-,10-/m0/s1. The van der Waals surface area contributed by atoms with Crippen molar-refractivity contribution in [1.82, 2.24) is 15.4 Å². The second-order valence-electron chi connectivity index (χ2n) is 5.06. The highest BCUT2D eigenvalue weighted by atomic mass is 32.1. The van der Waals surface area contributed by atoms with Gasteiger partial charge in [-0.25, -0.2) is 0 Å². The largest absolute Gasteiger partial charge is 0.465 e. The van der Waals surface area contributed by atoms with Gasteiger partial charge in [-0.2, -0.15) is 0 Å². The van der Waals surface area contributed by atoms with E-state index in [4.69, 9.17) is 4.74 Å². The molecule has 0 aromatic carbocycles. The number of carbonyl (C=O) groups excluding carboxylic acids is 3. The Kier molecular flexibility index (Phi) is 9.81. The Morgan fingerprint density at radius 2 is 1.76 bits per heavy atom. The van der Waals surface area contributed by atoms with Crippen molar-refractivity contribution in [3.05, 3.63) is 0 Å². The average Bonchev–Trinajstić information content (AvgIpc) is 2.41. The molecule has 21 heavy (non-hydrogen) atoms. The molecule has 0 aromatic heterocycles. The van der Waals surface area contributed by atoms with Crippen LogP contribution in [0.15, 0.2) is 0 Å². The van der Waals surface area contributed by atoms with Crippen molar-refractivity contribution >= 4 is 30.6 Å². The maximum absolute atomic E-state index is 12.0. The lowest BCUT2D eigenvalue weighted by molar-refractivity contribution is -0.143. The van der Waals surface area contributed by atoms with Gasteiger partial charge < -0.3 is 15.4 Å². The molecule has 7 nitrogen and oxygen atoms in total. The zero-order chi connectivity index (χ0) is 16.4. The maximum Gasteiger partial charge on any atom is 0.325 e. The van der Waals surface area contributed by atoms with E-state index >= 15 is 0 Å². The summed E-state index contributed by atoms with van der Waals surface area (Å²) in [5.41, 5.74) is 0. The van der Waals surface area contributed by atoms with Crippen LogP contribution in [-0.4, -0.2) is 43.0 Å². The van der Waals surface area contributed by atoms with Crippen molar-refractivity contribution in [2.75, 3.05) is 13.2 Å². The Labute approximate surface area is 131 Å². The summed E-state index contributed by atoms with van der Waals surface area (Å²) in [6.07, 6.45) is 0.604. The van der Waals surface area contributed by atoms with Crippen LogP contribution in [0, 0.1) is 5.92 Å². The highest BCUT2D eigenvalue weighted by molar-refractivity contribution is 7.78. The van der Waals surface area contributed by atoms with E-state index in [9.17, 15) is 14.4 Å². The molecule has 0 bridgehead atoms. The van der Waals surface area contributed by atoms with Gasteiger partial charge in [0.05, 0.1) is 12.6 Å². The summed E-state index contributed by atoms with van der Waals surface area (Å²) >= 11 is 3.92. The number of carbonyl (C=O) groups is 3. The lowest BCUT2D eigenvalue weighted by Crippen LogP contribution is -2.51. The lowest BCUT2D eigenvalue weighted by atomic mass is 10.0. The number of esters is 1. The molecule has 0 saturated carbocycles. The average molecular weight is 319 g/mol. The van der Waals surface area contributed by atoms with Crippen molar-refractivity contribution in [3.63, 3.8) is 0 Å². The molecule has 2 amide bonds. The van der Waals surface area contributed by atoms with Gasteiger partial charge in [-0.15, -0.1) is 0 Å². The number of ether oxygens (including phenoxy) is 1. The number of hydrogen-bond donors (Lipinski definition) is 4. The number of nitrogens with one attached hydrogen (secondary N) is 3. The fraction of sp³-hybridized carbons (Fsp3) is 0.769. The van der Waals surface area contributed by atoms with Crippen LogP contribution in [0.2, 0.25) is 0 Å². The molecule has 3 N–H and O–H groups in total. The first kappa shape index (κ1) is 19.7. The minimum absolute atomic E-state index is 0.215. The highest BCUT2D eigenvalue weighted by Crippen LogP contribution is 2.05. The van der Waals surface area contributed by atoms with Crippen molar-refractivity contribution in [2.24, 2.45) is 5.92 Å². The molecule has 0 unspecified atom stereocenters. The molecule has 0 saturated heterocycles. The van der Waals surface area contributed by atoms with Crippen LogP contribution in [0.3, 0.4) is 0 Å². The van der Waals surface area contributed by atoms with Gasteiger partial charge in [0, 0.05) is 0 Å². The van der Waals surface area contributed by atoms with Gasteiger partial charge in [0.15, 0.2) is 0 Å². The fourth-order valence-corrected chi connectivity index (χ4v) is 1.82. The summed E-state index contributed by atoms with van der Waals surface area (Å²) in [6.45, 7) is 7.24. The smallest absolute Gasteiger partial charge is 0.325 e. The van der Waals surface area contributed by atoms with Crippen molar-refractivity contribution in [1.29, 1.82) is 0 Å². The normalized spacial score (nSPS) is 13.4. The van der Waals surface area contributed by atoms with Crippen molar-refractivity contribution in [3.8, 4) is 0 Å². The van der Waals surface area contributed by atoms with Crippen LogP contribution in [0.4, 0.5) is 0 Å². The molecule has 122 valence electrons. The molecule has 0 fully saturated rings. The molecule has 2 atom stereocenters. The molecule has 0 heterocycles. The Balaban J connectivity index is 4.26. The van der Waals surface area contributed by atoms with Gasteiger partial charge in [0.1, 0.15) is 12.6 Å². The monoisotopic (exact) mass is 319 g/mol. The summed E-state index contributed by atoms with van der Waals surface area (Å²) in [4.78, 5) is 34.8. The zero-order valence-electron chi connectivity index (χ0n) is 12.9. The minimum Gasteiger partial charge on any atom is -0.465 e. The van der Waals surface area contributed by atoms with E-state index in [1.54, 1.807) is 13.8 Å². The number of hydrogen-bond acceptors (Lipinski definition) is 6. The van der Waals surface area contributed by atoms with Gasteiger partial charge in [-0.1, -0.05) is 26.7 Å². The van der Waals surface area contributed by atoms with E-state index in [2.05, 4.69) is 28.2 Å². The highest BCUT2D eigenvalue weighted by Gasteiger charge is 2.22. The predicted molar refractivity (Wildman–Crippen MR) is 82.6 cm³/mol. The number of thiol groups is 1. The van der Waals surface area contributed by atoms with E-state index in [0.29, 0.717) is 12.3 Å². The Bertz CT molecular complexity index is 363. The first-order valence-corrected chi connectivity index (χ1v) is 7.39. The fourth-order valence-electron chi connectivity index (χ4n) is 1.59. The Morgan fingerprint density at radius 1 is 1.14 bits per heavy atom. The molecule has 0 rings (SSSR count). The van der Waals surface area contributed by atoms with Crippen LogP contribution >= 0.6 is 12.8 Å². The van der Waals surface area contributed by atoms with E-state index in [1.165, 1.54) is 0 Å². The molecule has 0 aliphatic heterocycles. The minimum atomic E-state index is -0.747. The van der Waals surface area contributed by atoms with Crippen molar-refractivity contribution < 1.29 is 19.1 Å². The van der Waals surface area contributed by atoms with Gasteiger partial charge in [0.25, 0.3) is 0 Å². The van der Waals surface area contributed by atoms with E-state index in [1.807, 2.05) is 13.8 Å². The van der Waals surface area contributed by atoms with Crippen LogP contribution in [-0.2, 0) is 19.1 Å². The number of rotatable bonds is 9. The quantitative estimate of drug-likeness (QED) is 0.355. The third-order valence-corrected chi connectivity index (χ3v) is 2.96. The van der Waals surface area contributed by atoms with Gasteiger partial charge in [0.2, 0.25) is 11.8 Å². The van der Waals surface area contributed by atoms with E-state index in [-0.39, 0.29) is 19.1 Å². The summed E-state index contributed by atoms with van der Waals surface area (Å²) in [7, 11) is 0. The molecular weight excluding hydrogens is 294 g/mol. The summed E-state index contributed by atoms with van der Waals surface area (Å²) in [5.74, 6) is -0.955. The van der Waals surface area contributed by atoms with Gasteiger partial charge in [-0.05, 0) is 26.2 Å². The zero-order valence-corrected chi connectivity index (χ0v) is 13.8. The Morgan fingerprint density at radius 3 is 2.24 bits per heavy atom. The molecule has 0 aliphatic rings. The molecular formula is C13H25N3O4S. The van der Waals surface area contributed by atoms with Gasteiger partial charge in [-0.3, -0.25) is 19.1 Å². The van der Waals surface area contributed by atoms with Crippen LogP contribution in [0.25, 0.3) is 0 Å². The van der Waals surface area contributed by atoms with E-state index < -0.39 is 24.0 Å². The molecule has 0 aromatic rings. The Hall–Kier alpha value is -1.28. The third kappa shape index (κ3) is 8.56. The predicted octanol–water partition coefficient (Wildman–Crippen LogP) is 0.0195. The first-order chi connectivity index (χ1) is 9.81. The van der Waals surface area contributed by atoms with Crippen LogP contribution < -0.4 is 15.4 Å². The maximum atomic E-state index is 12.0. The molecule has 8 heteroatoms. The first-order valence-electron chi connectivity index (χ1n) is 6.95. The molecule has 0 radical (unpaired) electrons. The second-order valence-corrected chi connectivity index (χ2v) is 5.32. The third-order valence-electron chi connectivity index (χ3n) is 2.64. The van der Waals surface area contributed by atoms with E-state index in [0.717, 1.165) is 0 Å². The van der Waals surface area contributed by atoms with Crippen LogP contribution in [0.5, 0.6) is 0 Å². The summed E-state index contributed by atoms with van der Waals surface area (Å²) in [6, 6.07) is -1.23. The number of amides is 2. The topological polar surface area (TPSA) is 96.5 Å². The second kappa shape index (κ2) is 10.4. The lowest BCUT2D eigenvalue weighted by Gasteiger charge is -2.20.